The predicted octanol–water partition coefficient (Wildman–Crippen LogP) is 8.33. The Kier molecular flexibility index (Phi) is 9.96. The zero-order valence-corrected chi connectivity index (χ0v) is 19.7. The molecule has 0 saturated heterocycles. The van der Waals surface area contributed by atoms with Crippen LogP contribution in [0.2, 0.25) is 0 Å². The van der Waals surface area contributed by atoms with Crippen LogP contribution in [0.4, 0.5) is 4.39 Å². The molecule has 1 fully saturated rings. The summed E-state index contributed by atoms with van der Waals surface area (Å²) in [5.41, 5.74) is 3.30. The molecule has 2 nitrogen and oxygen atoms in total. The Morgan fingerprint density at radius 2 is 1.52 bits per heavy atom. The van der Waals surface area contributed by atoms with E-state index in [0.29, 0.717) is 11.3 Å². The Labute approximate surface area is 189 Å². The average Bonchev–Trinajstić information content (AvgIpc) is 2.80. The lowest BCUT2D eigenvalue weighted by Crippen LogP contribution is -2.15. The molecular weight excluding hydrogens is 383 g/mol. The summed E-state index contributed by atoms with van der Waals surface area (Å²) in [7, 11) is 0. The highest BCUT2D eigenvalue weighted by Crippen LogP contribution is 2.34. The van der Waals surface area contributed by atoms with Crippen LogP contribution in [0.1, 0.15) is 102 Å². The van der Waals surface area contributed by atoms with Gasteiger partial charge in [-0.3, -0.25) is 0 Å². The van der Waals surface area contributed by atoms with Crippen molar-refractivity contribution in [3.63, 3.8) is 0 Å². The minimum atomic E-state index is -0.185. The van der Waals surface area contributed by atoms with Gasteiger partial charge in [0.05, 0.1) is 11.4 Å². The molecule has 2 aromatic rings. The minimum Gasteiger partial charge on any atom is -0.206 e. The number of unbranched alkanes of at least 4 members (excludes halogenated alkanes) is 4. The van der Waals surface area contributed by atoms with Gasteiger partial charge < -0.3 is 0 Å². The molecule has 0 atom stereocenters. The van der Waals surface area contributed by atoms with Crippen molar-refractivity contribution in [1.82, 2.24) is 10.2 Å². The summed E-state index contributed by atoms with van der Waals surface area (Å²) < 4.78 is 14.6. The molecule has 1 aromatic heterocycles. The third-order valence-electron chi connectivity index (χ3n) is 7.09. The van der Waals surface area contributed by atoms with Crippen LogP contribution >= 0.6 is 0 Å². The van der Waals surface area contributed by atoms with Crippen LogP contribution in [0.3, 0.4) is 0 Å². The van der Waals surface area contributed by atoms with Crippen molar-refractivity contribution in [2.45, 2.75) is 104 Å². The van der Waals surface area contributed by atoms with E-state index in [9.17, 15) is 4.39 Å². The van der Waals surface area contributed by atoms with E-state index in [1.54, 1.807) is 6.07 Å². The first-order chi connectivity index (χ1) is 15.2. The lowest BCUT2D eigenvalue weighted by molar-refractivity contribution is 0.249. The maximum absolute atomic E-state index is 14.6. The lowest BCUT2D eigenvalue weighted by atomic mass is 9.78. The van der Waals surface area contributed by atoms with Gasteiger partial charge in [-0.25, -0.2) is 4.39 Å². The van der Waals surface area contributed by atoms with Crippen LogP contribution in [0.5, 0.6) is 0 Å². The largest absolute Gasteiger partial charge is 0.206 e. The van der Waals surface area contributed by atoms with Crippen molar-refractivity contribution in [2.24, 2.45) is 11.8 Å². The Morgan fingerprint density at radius 1 is 0.774 bits per heavy atom. The molecule has 0 unspecified atom stereocenters. The SMILES string of the molecule is CCCCCCc1ccc(-c2ccc(CCC3CCC(CCCC)CC3)nn2)c(F)c1. The van der Waals surface area contributed by atoms with Gasteiger partial charge in [0.1, 0.15) is 5.82 Å². The Bertz CT molecular complexity index is 763. The second-order valence-electron chi connectivity index (χ2n) is 9.60. The summed E-state index contributed by atoms with van der Waals surface area (Å²) in [5, 5.41) is 8.76. The second-order valence-corrected chi connectivity index (χ2v) is 9.60. The third kappa shape index (κ3) is 7.70. The van der Waals surface area contributed by atoms with Crippen molar-refractivity contribution in [1.29, 1.82) is 0 Å². The molecule has 3 rings (SSSR count). The molecule has 0 spiro atoms. The Hall–Kier alpha value is -1.77. The number of hydrogen-bond donors (Lipinski definition) is 0. The van der Waals surface area contributed by atoms with E-state index >= 15 is 0 Å². The first-order valence-corrected chi connectivity index (χ1v) is 12.8. The molecule has 1 aliphatic carbocycles. The van der Waals surface area contributed by atoms with Crippen LogP contribution in [0.25, 0.3) is 11.3 Å². The fourth-order valence-electron chi connectivity index (χ4n) is 4.97. The summed E-state index contributed by atoms with van der Waals surface area (Å²) in [6.45, 7) is 4.50. The standard InChI is InChI=1S/C28H41FN2/c1-3-5-7-8-10-24-16-19-26(27(29)21-24)28-20-18-25(30-31-28)17-15-23-13-11-22(12-14-23)9-6-4-2/h16,18-23H,3-15,17H2,1-2H3. The highest BCUT2D eigenvalue weighted by molar-refractivity contribution is 5.59. The lowest BCUT2D eigenvalue weighted by Gasteiger charge is -2.28. The molecule has 0 N–H and O–H groups in total. The summed E-state index contributed by atoms with van der Waals surface area (Å²) in [5.74, 6) is 1.62. The fourth-order valence-corrected chi connectivity index (χ4v) is 4.97. The molecule has 31 heavy (non-hydrogen) atoms. The number of rotatable bonds is 12. The van der Waals surface area contributed by atoms with Crippen molar-refractivity contribution in [2.75, 3.05) is 0 Å². The Balaban J connectivity index is 1.47. The summed E-state index contributed by atoms with van der Waals surface area (Å²) in [6, 6.07) is 9.55. The zero-order valence-electron chi connectivity index (χ0n) is 19.7. The van der Waals surface area contributed by atoms with Gasteiger partial charge >= 0.3 is 0 Å². The van der Waals surface area contributed by atoms with Crippen LogP contribution in [-0.4, -0.2) is 10.2 Å². The van der Waals surface area contributed by atoms with Crippen LogP contribution < -0.4 is 0 Å². The average molecular weight is 425 g/mol. The minimum absolute atomic E-state index is 0.185. The molecule has 0 radical (unpaired) electrons. The topological polar surface area (TPSA) is 25.8 Å². The summed E-state index contributed by atoms with van der Waals surface area (Å²) in [6.07, 6.45) is 17.6. The van der Waals surface area contributed by atoms with Gasteiger partial charge in [-0.05, 0) is 67.3 Å². The molecular formula is C28H41FN2. The third-order valence-corrected chi connectivity index (χ3v) is 7.09. The molecule has 170 valence electrons. The van der Waals surface area contributed by atoms with Gasteiger partial charge in [-0.15, -0.1) is 0 Å². The maximum atomic E-state index is 14.6. The van der Waals surface area contributed by atoms with E-state index in [0.717, 1.165) is 42.4 Å². The van der Waals surface area contributed by atoms with Gasteiger partial charge in [0.2, 0.25) is 0 Å². The highest BCUT2D eigenvalue weighted by Gasteiger charge is 2.20. The van der Waals surface area contributed by atoms with Crippen molar-refractivity contribution < 1.29 is 4.39 Å². The van der Waals surface area contributed by atoms with Crippen molar-refractivity contribution in [3.05, 3.63) is 47.4 Å². The van der Waals surface area contributed by atoms with Crippen LogP contribution in [-0.2, 0) is 12.8 Å². The normalized spacial score (nSPS) is 18.9. The van der Waals surface area contributed by atoms with Crippen molar-refractivity contribution >= 4 is 0 Å². The van der Waals surface area contributed by atoms with Gasteiger partial charge in [-0.1, -0.05) is 84.1 Å². The number of aromatic nitrogens is 2. The van der Waals surface area contributed by atoms with E-state index in [1.165, 1.54) is 70.6 Å². The fraction of sp³-hybridized carbons (Fsp3) is 0.643. The highest BCUT2D eigenvalue weighted by atomic mass is 19.1. The molecule has 1 aliphatic rings. The molecule has 0 bridgehead atoms. The first kappa shape index (κ1) is 23.9. The van der Waals surface area contributed by atoms with E-state index in [4.69, 9.17) is 0 Å². The van der Waals surface area contributed by atoms with E-state index in [2.05, 4.69) is 24.0 Å². The molecule has 1 saturated carbocycles. The van der Waals surface area contributed by atoms with E-state index in [-0.39, 0.29) is 5.82 Å². The van der Waals surface area contributed by atoms with Crippen molar-refractivity contribution in [3.8, 4) is 11.3 Å². The van der Waals surface area contributed by atoms with Crippen LogP contribution in [0, 0.1) is 17.7 Å². The molecule has 0 aliphatic heterocycles. The van der Waals surface area contributed by atoms with E-state index in [1.807, 2.05) is 24.3 Å². The number of aryl methyl sites for hydroxylation is 2. The molecule has 0 amide bonds. The maximum Gasteiger partial charge on any atom is 0.132 e. The number of halogens is 1. The monoisotopic (exact) mass is 424 g/mol. The summed E-state index contributed by atoms with van der Waals surface area (Å²) >= 11 is 0. The van der Waals surface area contributed by atoms with E-state index < -0.39 is 0 Å². The molecule has 1 heterocycles. The second kappa shape index (κ2) is 12.9. The first-order valence-electron chi connectivity index (χ1n) is 12.8. The molecule has 3 heteroatoms. The van der Waals surface area contributed by atoms with Gasteiger partial charge in [0.15, 0.2) is 0 Å². The van der Waals surface area contributed by atoms with Gasteiger partial charge in [-0.2, -0.15) is 10.2 Å². The smallest absolute Gasteiger partial charge is 0.132 e. The predicted molar refractivity (Wildman–Crippen MR) is 129 cm³/mol. The summed E-state index contributed by atoms with van der Waals surface area (Å²) in [4.78, 5) is 0. The Morgan fingerprint density at radius 3 is 2.16 bits per heavy atom. The van der Waals surface area contributed by atoms with Gasteiger partial charge in [0, 0.05) is 5.56 Å². The quantitative estimate of drug-likeness (QED) is 0.320. The zero-order chi connectivity index (χ0) is 21.9. The number of nitrogens with zero attached hydrogens (tertiary/aromatic N) is 2. The van der Waals surface area contributed by atoms with Gasteiger partial charge in [0.25, 0.3) is 0 Å². The molecule has 1 aromatic carbocycles. The number of hydrogen-bond acceptors (Lipinski definition) is 2. The van der Waals surface area contributed by atoms with Crippen LogP contribution in [0.15, 0.2) is 30.3 Å². The number of benzene rings is 1.